The Bertz CT molecular complexity index is 565. The Morgan fingerprint density at radius 1 is 1.06 bits per heavy atom. The second kappa shape index (κ2) is 4.74. The Hall–Kier alpha value is -1.94. The smallest absolute Gasteiger partial charge is 0.165 e. The van der Waals surface area contributed by atoms with Crippen molar-refractivity contribution in [1.82, 2.24) is 0 Å². The molecule has 0 saturated heterocycles. The van der Waals surface area contributed by atoms with Gasteiger partial charge >= 0.3 is 0 Å². The van der Waals surface area contributed by atoms with Crippen molar-refractivity contribution in [2.24, 2.45) is 5.73 Å². The molecule has 2 nitrogen and oxygen atoms in total. The second-order valence-electron chi connectivity index (χ2n) is 4.19. The van der Waals surface area contributed by atoms with Crippen LogP contribution < -0.4 is 5.73 Å². The molecule has 18 heavy (non-hydrogen) atoms. The van der Waals surface area contributed by atoms with Gasteiger partial charge in [-0.15, -0.1) is 0 Å². The van der Waals surface area contributed by atoms with Gasteiger partial charge in [-0.05, 0) is 24.1 Å². The summed E-state index contributed by atoms with van der Waals surface area (Å²) in [5, 5.41) is 9.06. The number of halogens is 2. The summed E-state index contributed by atoms with van der Waals surface area (Å²) >= 11 is 0. The van der Waals surface area contributed by atoms with Crippen molar-refractivity contribution in [1.29, 1.82) is 0 Å². The molecule has 94 valence electrons. The average Bonchev–Trinajstić information content (AvgIpc) is 2.34. The number of phenols is 1. The molecule has 2 aromatic rings. The van der Waals surface area contributed by atoms with Crippen molar-refractivity contribution in [3.8, 4) is 16.9 Å². The number of hydrogen-bond acceptors (Lipinski definition) is 2. The number of aromatic hydroxyl groups is 1. The number of benzene rings is 2. The van der Waals surface area contributed by atoms with Crippen molar-refractivity contribution in [3.63, 3.8) is 0 Å². The molecule has 0 unspecified atom stereocenters. The van der Waals surface area contributed by atoms with Gasteiger partial charge in [-0.1, -0.05) is 24.3 Å². The van der Waals surface area contributed by atoms with Gasteiger partial charge in [-0.3, -0.25) is 0 Å². The lowest BCUT2D eigenvalue weighted by Gasteiger charge is -2.08. The molecule has 2 aromatic carbocycles. The van der Waals surface area contributed by atoms with Gasteiger partial charge in [-0.2, -0.15) is 0 Å². The van der Waals surface area contributed by atoms with E-state index in [4.69, 9.17) is 10.8 Å². The first-order valence-corrected chi connectivity index (χ1v) is 5.53. The first-order chi connectivity index (χ1) is 8.49. The topological polar surface area (TPSA) is 46.2 Å². The van der Waals surface area contributed by atoms with Crippen molar-refractivity contribution < 1.29 is 13.9 Å². The summed E-state index contributed by atoms with van der Waals surface area (Å²) in [5.74, 6) is -2.20. The van der Waals surface area contributed by atoms with Crippen LogP contribution in [-0.2, 0) is 0 Å². The van der Waals surface area contributed by atoms with E-state index in [2.05, 4.69) is 0 Å². The fourth-order valence-corrected chi connectivity index (χ4v) is 1.72. The van der Waals surface area contributed by atoms with Crippen LogP contribution in [0.1, 0.15) is 18.5 Å². The minimum atomic E-state index is -0.845. The third kappa shape index (κ3) is 2.33. The van der Waals surface area contributed by atoms with Gasteiger partial charge in [0.15, 0.2) is 11.6 Å². The van der Waals surface area contributed by atoms with Gasteiger partial charge in [0, 0.05) is 17.7 Å². The first-order valence-electron chi connectivity index (χ1n) is 5.53. The summed E-state index contributed by atoms with van der Waals surface area (Å²) in [6.07, 6.45) is 0. The Morgan fingerprint density at radius 2 is 1.67 bits per heavy atom. The normalized spacial score (nSPS) is 12.4. The summed E-state index contributed by atoms with van der Waals surface area (Å²) in [6, 6.07) is 8.52. The molecule has 1 atom stereocenters. The largest absolute Gasteiger partial charge is 0.505 e. The van der Waals surface area contributed by atoms with E-state index in [1.54, 1.807) is 24.3 Å². The lowest BCUT2D eigenvalue weighted by Crippen LogP contribution is -2.04. The highest BCUT2D eigenvalue weighted by molar-refractivity contribution is 5.65. The van der Waals surface area contributed by atoms with Crippen molar-refractivity contribution >= 4 is 0 Å². The molecule has 0 spiro atoms. The van der Waals surface area contributed by atoms with Gasteiger partial charge in [0.2, 0.25) is 0 Å². The van der Waals surface area contributed by atoms with Gasteiger partial charge in [0.1, 0.15) is 5.82 Å². The first kappa shape index (κ1) is 12.5. The molecule has 0 fully saturated rings. The van der Waals surface area contributed by atoms with Crippen LogP contribution in [0.15, 0.2) is 36.4 Å². The molecular formula is C14H13F2NO. The Labute approximate surface area is 104 Å². The Kier molecular flexibility index (Phi) is 3.30. The highest BCUT2D eigenvalue weighted by Crippen LogP contribution is 2.28. The SMILES string of the molecule is C[C@H](N)c1ccc(-c2cc(F)c(O)cc2F)cc1. The van der Waals surface area contributed by atoms with Gasteiger partial charge in [0.25, 0.3) is 0 Å². The van der Waals surface area contributed by atoms with E-state index in [1.807, 2.05) is 6.92 Å². The van der Waals surface area contributed by atoms with E-state index in [9.17, 15) is 8.78 Å². The zero-order chi connectivity index (χ0) is 13.3. The molecule has 2 rings (SSSR count). The quantitative estimate of drug-likeness (QED) is 0.857. The van der Waals surface area contributed by atoms with Gasteiger partial charge in [0.05, 0.1) is 0 Å². The third-order valence-electron chi connectivity index (χ3n) is 2.78. The maximum Gasteiger partial charge on any atom is 0.165 e. The van der Waals surface area contributed by atoms with Crippen molar-refractivity contribution in [2.45, 2.75) is 13.0 Å². The molecule has 0 amide bonds. The fourth-order valence-electron chi connectivity index (χ4n) is 1.72. The highest BCUT2D eigenvalue weighted by Gasteiger charge is 2.11. The summed E-state index contributed by atoms with van der Waals surface area (Å²) in [6.45, 7) is 1.84. The molecule has 0 aliphatic rings. The van der Waals surface area contributed by atoms with E-state index in [0.717, 1.165) is 17.7 Å². The zero-order valence-electron chi connectivity index (χ0n) is 9.82. The summed E-state index contributed by atoms with van der Waals surface area (Å²) in [5.41, 5.74) is 7.27. The molecule has 0 bridgehead atoms. The molecule has 0 radical (unpaired) electrons. The van der Waals surface area contributed by atoms with Gasteiger partial charge < -0.3 is 10.8 Å². The fraction of sp³-hybridized carbons (Fsp3) is 0.143. The average molecular weight is 249 g/mol. The highest BCUT2D eigenvalue weighted by atomic mass is 19.1. The maximum atomic E-state index is 13.6. The predicted molar refractivity (Wildman–Crippen MR) is 66.1 cm³/mol. The maximum absolute atomic E-state index is 13.6. The van der Waals surface area contributed by atoms with E-state index in [1.165, 1.54) is 0 Å². The van der Waals surface area contributed by atoms with Crippen LogP contribution in [0, 0.1) is 11.6 Å². The van der Waals surface area contributed by atoms with E-state index in [0.29, 0.717) is 5.56 Å². The van der Waals surface area contributed by atoms with Crippen LogP contribution in [-0.4, -0.2) is 5.11 Å². The minimum absolute atomic E-state index is 0.111. The van der Waals surface area contributed by atoms with Crippen LogP contribution >= 0.6 is 0 Å². The summed E-state index contributed by atoms with van der Waals surface area (Å²) in [7, 11) is 0. The number of nitrogens with two attached hydrogens (primary N) is 1. The summed E-state index contributed by atoms with van der Waals surface area (Å²) < 4.78 is 26.8. The van der Waals surface area contributed by atoms with E-state index < -0.39 is 17.4 Å². The molecule has 0 saturated carbocycles. The molecular weight excluding hydrogens is 236 g/mol. The minimum Gasteiger partial charge on any atom is -0.505 e. The number of rotatable bonds is 2. The molecule has 0 aliphatic heterocycles. The second-order valence-corrected chi connectivity index (χ2v) is 4.19. The van der Waals surface area contributed by atoms with Crippen LogP contribution in [0.5, 0.6) is 5.75 Å². The van der Waals surface area contributed by atoms with Crippen LogP contribution in [0.4, 0.5) is 8.78 Å². The van der Waals surface area contributed by atoms with Crippen LogP contribution in [0.25, 0.3) is 11.1 Å². The number of phenolic OH excluding ortho intramolecular Hbond substituents is 1. The molecule has 0 aromatic heterocycles. The van der Waals surface area contributed by atoms with E-state index in [-0.39, 0.29) is 11.6 Å². The number of hydrogen-bond donors (Lipinski definition) is 2. The van der Waals surface area contributed by atoms with Crippen molar-refractivity contribution in [3.05, 3.63) is 53.6 Å². The van der Waals surface area contributed by atoms with Crippen LogP contribution in [0.3, 0.4) is 0 Å². The molecule has 0 heterocycles. The molecule has 4 heteroatoms. The van der Waals surface area contributed by atoms with Crippen molar-refractivity contribution in [2.75, 3.05) is 0 Å². The van der Waals surface area contributed by atoms with Gasteiger partial charge in [-0.25, -0.2) is 8.78 Å². The van der Waals surface area contributed by atoms with E-state index >= 15 is 0 Å². The zero-order valence-corrected chi connectivity index (χ0v) is 9.82. The standard InChI is InChI=1S/C14H13F2NO/c1-8(17)9-2-4-10(5-3-9)11-6-13(16)14(18)7-12(11)15/h2-8,18H,17H2,1H3/t8-/m0/s1. The monoisotopic (exact) mass is 249 g/mol. The predicted octanol–water partition coefficient (Wildman–Crippen LogP) is 3.36. The Balaban J connectivity index is 2.46. The Morgan fingerprint density at radius 3 is 2.22 bits per heavy atom. The molecule has 0 aliphatic carbocycles. The third-order valence-corrected chi connectivity index (χ3v) is 2.78. The molecule has 3 N–H and O–H groups in total. The van der Waals surface area contributed by atoms with Crippen LogP contribution in [0.2, 0.25) is 0 Å². The summed E-state index contributed by atoms with van der Waals surface area (Å²) in [4.78, 5) is 0. The lowest BCUT2D eigenvalue weighted by molar-refractivity contribution is 0.427. The lowest BCUT2D eigenvalue weighted by atomic mass is 10.0.